The molecule has 1 aliphatic rings. The Bertz CT molecular complexity index is 255. The average Bonchev–Trinajstić information content (AvgIpc) is 2.31. The Morgan fingerprint density at radius 2 is 2.17 bits per heavy atom. The van der Waals surface area contributed by atoms with Gasteiger partial charge in [-0.05, 0) is 0 Å². The molecule has 1 atom stereocenters. The van der Waals surface area contributed by atoms with Gasteiger partial charge in [0, 0.05) is 25.2 Å². The minimum absolute atomic E-state index is 0.0725. The highest BCUT2D eigenvalue weighted by Crippen LogP contribution is 2.20. The van der Waals surface area contributed by atoms with Crippen LogP contribution in [0.25, 0.3) is 0 Å². The van der Waals surface area contributed by atoms with E-state index in [0.717, 1.165) is 6.42 Å². The lowest BCUT2D eigenvalue weighted by Gasteiger charge is -1.97. The first-order valence-electron chi connectivity index (χ1n) is 4.24. The van der Waals surface area contributed by atoms with Crippen molar-refractivity contribution in [2.45, 2.75) is 32.6 Å². The summed E-state index contributed by atoms with van der Waals surface area (Å²) in [5.41, 5.74) is 0. The molecule has 0 saturated heterocycles. The molecule has 0 amide bonds. The third-order valence-electron chi connectivity index (χ3n) is 1.95. The van der Waals surface area contributed by atoms with Gasteiger partial charge in [0.25, 0.3) is 0 Å². The Balaban J connectivity index is 2.43. The van der Waals surface area contributed by atoms with Gasteiger partial charge >= 0.3 is 0 Å². The molecular weight excluding hydrogens is 152 g/mol. The normalized spacial score (nSPS) is 22.2. The second kappa shape index (κ2) is 4.06. The fraction of sp³-hybridized carbons (Fsp3) is 0.600. The van der Waals surface area contributed by atoms with E-state index in [1.807, 2.05) is 6.92 Å². The lowest BCUT2D eigenvalue weighted by atomic mass is 10.0. The van der Waals surface area contributed by atoms with Gasteiger partial charge in [-0.3, -0.25) is 9.59 Å². The van der Waals surface area contributed by atoms with Crippen molar-refractivity contribution in [3.05, 3.63) is 0 Å². The molecule has 0 aromatic heterocycles. The Hall–Kier alpha value is -1.10. The monoisotopic (exact) mass is 164 g/mol. The predicted octanol–water partition coefficient (Wildman–Crippen LogP) is 1.34. The molecule has 12 heavy (non-hydrogen) atoms. The van der Waals surface area contributed by atoms with Crippen LogP contribution in [0.2, 0.25) is 0 Å². The van der Waals surface area contributed by atoms with Crippen molar-refractivity contribution in [2.75, 3.05) is 0 Å². The lowest BCUT2D eigenvalue weighted by molar-refractivity contribution is -0.122. The van der Waals surface area contributed by atoms with Crippen molar-refractivity contribution in [1.29, 1.82) is 0 Å². The van der Waals surface area contributed by atoms with Crippen LogP contribution in [0.3, 0.4) is 0 Å². The Morgan fingerprint density at radius 3 is 2.67 bits per heavy atom. The van der Waals surface area contributed by atoms with E-state index in [-0.39, 0.29) is 23.9 Å². The standard InChI is InChI=1S/C10H12O2/c1-2-3-4-5-8-6-9(11)7-10(8)12/h8H,2,5-7H2,1H3. The SMILES string of the molecule is CCC#CCC1CC(=O)CC1=O. The summed E-state index contributed by atoms with van der Waals surface area (Å²) in [5, 5.41) is 0. The third kappa shape index (κ3) is 2.20. The molecule has 1 rings (SSSR count). The van der Waals surface area contributed by atoms with Crippen molar-refractivity contribution < 1.29 is 9.59 Å². The highest BCUT2D eigenvalue weighted by atomic mass is 16.2. The molecule has 0 aliphatic heterocycles. The van der Waals surface area contributed by atoms with Crippen LogP contribution in [0.5, 0.6) is 0 Å². The molecule has 0 N–H and O–H groups in total. The van der Waals surface area contributed by atoms with E-state index in [4.69, 9.17) is 0 Å². The van der Waals surface area contributed by atoms with Gasteiger partial charge < -0.3 is 0 Å². The van der Waals surface area contributed by atoms with Gasteiger partial charge in [0.15, 0.2) is 0 Å². The molecule has 1 saturated carbocycles. The molecule has 0 heterocycles. The first-order chi connectivity index (χ1) is 5.74. The molecular formula is C10H12O2. The maximum Gasteiger partial charge on any atom is 0.144 e. The van der Waals surface area contributed by atoms with Crippen molar-refractivity contribution in [3.8, 4) is 11.8 Å². The highest BCUT2D eigenvalue weighted by Gasteiger charge is 2.29. The maximum absolute atomic E-state index is 11.1. The third-order valence-corrected chi connectivity index (χ3v) is 1.95. The van der Waals surface area contributed by atoms with Gasteiger partial charge in [0.05, 0.1) is 6.42 Å². The zero-order valence-corrected chi connectivity index (χ0v) is 7.22. The molecule has 1 unspecified atom stereocenters. The van der Waals surface area contributed by atoms with E-state index in [2.05, 4.69) is 11.8 Å². The Labute approximate surface area is 72.3 Å². The summed E-state index contributed by atoms with van der Waals surface area (Å²) in [6.07, 6.45) is 1.93. The summed E-state index contributed by atoms with van der Waals surface area (Å²) in [5.74, 6) is 5.85. The summed E-state index contributed by atoms with van der Waals surface area (Å²) in [6, 6.07) is 0. The van der Waals surface area contributed by atoms with E-state index in [0.29, 0.717) is 12.8 Å². The molecule has 2 heteroatoms. The Morgan fingerprint density at radius 1 is 1.42 bits per heavy atom. The molecule has 0 bridgehead atoms. The van der Waals surface area contributed by atoms with Crippen LogP contribution in [0, 0.1) is 17.8 Å². The van der Waals surface area contributed by atoms with Crippen molar-refractivity contribution in [1.82, 2.24) is 0 Å². The number of rotatable bonds is 1. The summed E-state index contributed by atoms with van der Waals surface area (Å²) < 4.78 is 0. The van der Waals surface area contributed by atoms with Gasteiger partial charge in [-0.15, -0.1) is 11.8 Å². The maximum atomic E-state index is 11.1. The van der Waals surface area contributed by atoms with Crippen molar-refractivity contribution >= 4 is 11.6 Å². The van der Waals surface area contributed by atoms with E-state index in [9.17, 15) is 9.59 Å². The van der Waals surface area contributed by atoms with Gasteiger partial charge in [-0.25, -0.2) is 0 Å². The van der Waals surface area contributed by atoms with Crippen LogP contribution in [-0.2, 0) is 9.59 Å². The number of hydrogen-bond donors (Lipinski definition) is 0. The Kier molecular flexibility index (Phi) is 3.04. The summed E-state index contributed by atoms with van der Waals surface area (Å²) in [6.45, 7) is 1.97. The van der Waals surface area contributed by atoms with Crippen LogP contribution in [0.1, 0.15) is 32.6 Å². The van der Waals surface area contributed by atoms with Gasteiger partial charge in [-0.1, -0.05) is 6.92 Å². The summed E-state index contributed by atoms with van der Waals surface area (Å²) in [7, 11) is 0. The molecule has 0 spiro atoms. The minimum atomic E-state index is -0.100. The molecule has 1 fully saturated rings. The van der Waals surface area contributed by atoms with Crippen molar-refractivity contribution in [2.24, 2.45) is 5.92 Å². The molecule has 2 nitrogen and oxygen atoms in total. The largest absolute Gasteiger partial charge is 0.299 e. The van der Waals surface area contributed by atoms with Crippen LogP contribution in [-0.4, -0.2) is 11.6 Å². The van der Waals surface area contributed by atoms with E-state index in [1.54, 1.807) is 0 Å². The van der Waals surface area contributed by atoms with Crippen LogP contribution < -0.4 is 0 Å². The number of ketones is 2. The number of hydrogen-bond acceptors (Lipinski definition) is 2. The minimum Gasteiger partial charge on any atom is -0.299 e. The van der Waals surface area contributed by atoms with E-state index >= 15 is 0 Å². The molecule has 0 radical (unpaired) electrons. The summed E-state index contributed by atoms with van der Waals surface area (Å²) >= 11 is 0. The van der Waals surface area contributed by atoms with E-state index < -0.39 is 0 Å². The first kappa shape index (κ1) is 8.99. The van der Waals surface area contributed by atoms with Crippen LogP contribution >= 0.6 is 0 Å². The second-order valence-electron chi connectivity index (χ2n) is 2.99. The number of carbonyl (C=O) groups is 2. The molecule has 0 aromatic rings. The van der Waals surface area contributed by atoms with Crippen LogP contribution in [0.4, 0.5) is 0 Å². The van der Waals surface area contributed by atoms with Gasteiger partial charge in [0.1, 0.15) is 11.6 Å². The number of Topliss-reactive ketones (excluding diaryl/α,β-unsaturated/α-hetero) is 2. The van der Waals surface area contributed by atoms with Gasteiger partial charge in [-0.2, -0.15) is 0 Å². The smallest absolute Gasteiger partial charge is 0.144 e. The summed E-state index contributed by atoms with van der Waals surface area (Å²) in [4.78, 5) is 21.9. The predicted molar refractivity (Wildman–Crippen MR) is 45.4 cm³/mol. The second-order valence-corrected chi connectivity index (χ2v) is 2.99. The van der Waals surface area contributed by atoms with Crippen molar-refractivity contribution in [3.63, 3.8) is 0 Å². The van der Waals surface area contributed by atoms with E-state index in [1.165, 1.54) is 0 Å². The zero-order chi connectivity index (χ0) is 8.97. The number of carbonyl (C=O) groups excluding carboxylic acids is 2. The van der Waals surface area contributed by atoms with Crippen LogP contribution in [0.15, 0.2) is 0 Å². The topological polar surface area (TPSA) is 34.1 Å². The zero-order valence-electron chi connectivity index (χ0n) is 7.22. The molecule has 1 aliphatic carbocycles. The molecule has 64 valence electrons. The average molecular weight is 164 g/mol. The fourth-order valence-electron chi connectivity index (χ4n) is 1.31. The first-order valence-corrected chi connectivity index (χ1v) is 4.24. The molecule has 0 aromatic carbocycles. The fourth-order valence-corrected chi connectivity index (χ4v) is 1.31. The quantitative estimate of drug-likeness (QED) is 0.433. The van der Waals surface area contributed by atoms with Gasteiger partial charge in [0.2, 0.25) is 0 Å². The lowest BCUT2D eigenvalue weighted by Crippen LogP contribution is -2.04. The highest BCUT2D eigenvalue weighted by molar-refractivity contribution is 6.07.